The van der Waals surface area contributed by atoms with Crippen molar-refractivity contribution in [1.82, 2.24) is 4.98 Å². The molecular weight excluding hydrogens is 306 g/mol. The second-order valence-electron chi connectivity index (χ2n) is 5.91. The fourth-order valence-electron chi connectivity index (χ4n) is 3.23. The van der Waals surface area contributed by atoms with E-state index in [1.165, 1.54) is 0 Å². The Hall–Kier alpha value is -1.53. The normalized spacial score (nSPS) is 24.0. The van der Waals surface area contributed by atoms with Crippen molar-refractivity contribution in [3.05, 3.63) is 34.7 Å². The highest BCUT2D eigenvalue weighted by Gasteiger charge is 2.34. The lowest BCUT2D eigenvalue weighted by Gasteiger charge is -2.31. The molecule has 2 aliphatic rings. The van der Waals surface area contributed by atoms with Crippen LogP contribution in [-0.4, -0.2) is 30.3 Å². The van der Waals surface area contributed by atoms with Crippen LogP contribution in [0.25, 0.3) is 11.3 Å². The minimum absolute atomic E-state index is 0.302. The summed E-state index contributed by atoms with van der Waals surface area (Å²) in [7, 11) is 0. The van der Waals surface area contributed by atoms with Crippen molar-refractivity contribution in [1.29, 1.82) is 0 Å². The van der Waals surface area contributed by atoms with Crippen LogP contribution in [0.2, 0.25) is 0 Å². The van der Waals surface area contributed by atoms with Crippen LogP contribution >= 0.6 is 11.3 Å². The van der Waals surface area contributed by atoms with Crippen LogP contribution in [0.5, 0.6) is 0 Å². The summed E-state index contributed by atoms with van der Waals surface area (Å²) in [5.74, 6) is -1.61. The van der Waals surface area contributed by atoms with Crippen LogP contribution in [0.15, 0.2) is 17.5 Å². The lowest BCUT2D eigenvalue weighted by molar-refractivity contribution is 0.0305. The molecule has 3 heterocycles. The number of anilines is 1. The predicted molar refractivity (Wildman–Crippen MR) is 82.3 cm³/mol. The minimum atomic E-state index is -0.818. The highest BCUT2D eigenvalue weighted by molar-refractivity contribution is 7.14. The van der Waals surface area contributed by atoms with Gasteiger partial charge in [-0.25, -0.2) is 13.8 Å². The molecule has 0 saturated carbocycles. The van der Waals surface area contributed by atoms with Gasteiger partial charge in [0.15, 0.2) is 16.8 Å². The van der Waals surface area contributed by atoms with Crippen LogP contribution in [0.4, 0.5) is 13.9 Å². The number of aromatic nitrogens is 1. The van der Waals surface area contributed by atoms with Crippen LogP contribution in [0.1, 0.15) is 18.4 Å². The second-order valence-corrected chi connectivity index (χ2v) is 6.75. The van der Waals surface area contributed by atoms with Crippen LogP contribution in [-0.2, 0) is 4.74 Å². The third-order valence-electron chi connectivity index (χ3n) is 4.42. The van der Waals surface area contributed by atoms with Gasteiger partial charge in [0.05, 0.1) is 17.9 Å². The van der Waals surface area contributed by atoms with Gasteiger partial charge in [-0.3, -0.25) is 0 Å². The highest BCUT2D eigenvalue weighted by atomic mass is 32.1. The lowest BCUT2D eigenvalue weighted by Crippen LogP contribution is -2.42. The molecule has 2 saturated heterocycles. The molecular formula is C16H16F2N2OS. The first-order chi connectivity index (χ1) is 10.6. The maximum absolute atomic E-state index is 13.7. The second kappa shape index (κ2) is 5.28. The van der Waals surface area contributed by atoms with Crippen molar-refractivity contribution in [3.63, 3.8) is 0 Å². The predicted octanol–water partition coefficient (Wildman–Crippen LogP) is 3.76. The van der Waals surface area contributed by atoms with E-state index in [1.807, 2.05) is 5.38 Å². The number of rotatable bonds is 2. The molecule has 0 spiro atoms. The fourth-order valence-corrected chi connectivity index (χ4v) is 4.08. The van der Waals surface area contributed by atoms with Crippen molar-refractivity contribution < 1.29 is 13.5 Å². The Morgan fingerprint density at radius 2 is 1.95 bits per heavy atom. The molecule has 1 unspecified atom stereocenters. The molecule has 2 aromatic rings. The van der Waals surface area contributed by atoms with Crippen LogP contribution < -0.4 is 4.90 Å². The maximum atomic E-state index is 13.7. The van der Waals surface area contributed by atoms with E-state index in [9.17, 15) is 8.78 Å². The van der Waals surface area contributed by atoms with Crippen molar-refractivity contribution in [2.24, 2.45) is 0 Å². The summed E-state index contributed by atoms with van der Waals surface area (Å²) >= 11 is 1.54. The summed E-state index contributed by atoms with van der Waals surface area (Å²) in [6.45, 7) is 3.31. The van der Waals surface area contributed by atoms with Gasteiger partial charge in [-0.15, -0.1) is 11.3 Å². The molecule has 2 bridgehead atoms. The number of thiazole rings is 1. The van der Waals surface area contributed by atoms with E-state index in [1.54, 1.807) is 24.3 Å². The van der Waals surface area contributed by atoms with Crippen LogP contribution in [0, 0.1) is 18.6 Å². The Balaban J connectivity index is 1.63. The summed E-state index contributed by atoms with van der Waals surface area (Å²) in [6.07, 6.45) is 2.83. The van der Waals surface area contributed by atoms with E-state index < -0.39 is 11.6 Å². The molecule has 22 heavy (non-hydrogen) atoms. The number of ether oxygens (including phenoxy) is 1. The Morgan fingerprint density at radius 3 is 2.68 bits per heavy atom. The SMILES string of the molecule is Cc1c(-c2csc(N3CC4CC[C@H](C3)O4)n2)ccc(F)c1F. The molecule has 0 amide bonds. The Labute approximate surface area is 131 Å². The number of benzene rings is 1. The molecule has 2 fully saturated rings. The molecule has 4 rings (SSSR count). The molecule has 3 nitrogen and oxygen atoms in total. The number of hydrogen-bond acceptors (Lipinski definition) is 4. The number of hydrogen-bond donors (Lipinski definition) is 0. The van der Waals surface area contributed by atoms with Crippen molar-refractivity contribution >= 4 is 16.5 Å². The third-order valence-corrected chi connectivity index (χ3v) is 5.32. The highest BCUT2D eigenvalue weighted by Crippen LogP contribution is 2.34. The molecule has 2 aliphatic heterocycles. The van der Waals surface area contributed by atoms with Gasteiger partial charge in [0, 0.05) is 24.0 Å². The molecule has 1 aromatic heterocycles. The summed E-state index contributed by atoms with van der Waals surface area (Å²) in [5, 5.41) is 2.84. The zero-order valence-corrected chi connectivity index (χ0v) is 13.0. The first-order valence-electron chi connectivity index (χ1n) is 7.42. The van der Waals surface area contributed by atoms with Crippen molar-refractivity contribution in [2.45, 2.75) is 32.0 Å². The summed E-state index contributed by atoms with van der Waals surface area (Å²) in [6, 6.07) is 2.75. The molecule has 0 N–H and O–H groups in total. The summed E-state index contributed by atoms with van der Waals surface area (Å²) in [4.78, 5) is 6.88. The Kier molecular flexibility index (Phi) is 3.38. The van der Waals surface area contributed by atoms with E-state index in [0.29, 0.717) is 29.0 Å². The van der Waals surface area contributed by atoms with Gasteiger partial charge in [-0.2, -0.15) is 0 Å². The largest absolute Gasteiger partial charge is 0.371 e. The maximum Gasteiger partial charge on any atom is 0.186 e. The van der Waals surface area contributed by atoms with E-state index in [0.717, 1.165) is 37.1 Å². The average Bonchev–Trinajstić information content (AvgIpc) is 3.12. The number of morpholine rings is 1. The topological polar surface area (TPSA) is 25.4 Å². The standard InChI is InChI=1S/C16H16F2N2OS/c1-9-12(4-5-13(17)15(9)18)14-8-22-16(19-14)20-6-10-2-3-11(7-20)21-10/h4-5,8,10-11H,2-3,6-7H2,1H3/t10-,11?/m1/s1. The van der Waals surface area contributed by atoms with E-state index >= 15 is 0 Å². The van der Waals surface area contributed by atoms with E-state index in [-0.39, 0.29) is 0 Å². The van der Waals surface area contributed by atoms with Gasteiger partial charge in [0.25, 0.3) is 0 Å². The molecule has 0 aliphatic carbocycles. The van der Waals surface area contributed by atoms with Gasteiger partial charge < -0.3 is 9.64 Å². The number of nitrogens with zero attached hydrogens (tertiary/aromatic N) is 2. The average molecular weight is 322 g/mol. The van der Waals surface area contributed by atoms with Gasteiger partial charge in [0.1, 0.15) is 0 Å². The molecule has 6 heteroatoms. The lowest BCUT2D eigenvalue weighted by atomic mass is 10.1. The van der Waals surface area contributed by atoms with Crippen molar-refractivity contribution in [3.8, 4) is 11.3 Å². The first kappa shape index (κ1) is 14.1. The summed E-state index contributed by atoms with van der Waals surface area (Å²) < 4.78 is 32.8. The minimum Gasteiger partial charge on any atom is -0.371 e. The third kappa shape index (κ3) is 2.30. The van der Waals surface area contributed by atoms with E-state index in [4.69, 9.17) is 4.74 Å². The monoisotopic (exact) mass is 322 g/mol. The number of halogens is 2. The molecule has 116 valence electrons. The van der Waals surface area contributed by atoms with Gasteiger partial charge in [-0.1, -0.05) is 0 Å². The summed E-state index contributed by atoms with van der Waals surface area (Å²) in [5.41, 5.74) is 1.66. The molecule has 0 radical (unpaired) electrons. The van der Waals surface area contributed by atoms with Crippen LogP contribution in [0.3, 0.4) is 0 Å². The quantitative estimate of drug-likeness (QED) is 0.842. The van der Waals surface area contributed by atoms with Crippen molar-refractivity contribution in [2.75, 3.05) is 18.0 Å². The smallest absolute Gasteiger partial charge is 0.186 e. The van der Waals surface area contributed by atoms with E-state index in [2.05, 4.69) is 9.88 Å². The van der Waals surface area contributed by atoms with Gasteiger partial charge in [0.2, 0.25) is 0 Å². The fraction of sp³-hybridized carbons (Fsp3) is 0.438. The Morgan fingerprint density at radius 1 is 1.23 bits per heavy atom. The Bertz CT molecular complexity index is 706. The van der Waals surface area contributed by atoms with Gasteiger partial charge in [-0.05, 0) is 37.5 Å². The molecule has 2 atom stereocenters. The zero-order valence-electron chi connectivity index (χ0n) is 12.2. The molecule has 1 aromatic carbocycles. The zero-order chi connectivity index (χ0) is 15.3. The van der Waals surface area contributed by atoms with Gasteiger partial charge >= 0.3 is 0 Å². The first-order valence-corrected chi connectivity index (χ1v) is 8.30. The number of fused-ring (bicyclic) bond motifs is 2.